The highest BCUT2D eigenvalue weighted by molar-refractivity contribution is 14.0. The number of nitrogens with zero attached hydrogens (tertiary/aromatic N) is 1. The van der Waals surface area contributed by atoms with Gasteiger partial charge in [0.1, 0.15) is 11.4 Å². The Balaban J connectivity index is 0.00000625. The van der Waals surface area contributed by atoms with Crippen molar-refractivity contribution in [2.45, 2.75) is 59.2 Å². The fourth-order valence-corrected chi connectivity index (χ4v) is 2.17. The SMILES string of the molecule is CN=C(NCCC(=O)NC(C)C)NCc1ccccc1OC(C)(C)C.I. The van der Waals surface area contributed by atoms with Crippen LogP contribution < -0.4 is 20.7 Å². The molecule has 0 aromatic heterocycles. The van der Waals surface area contributed by atoms with Crippen molar-refractivity contribution < 1.29 is 9.53 Å². The van der Waals surface area contributed by atoms with Crippen molar-refractivity contribution in [3.8, 4) is 5.75 Å². The Morgan fingerprint density at radius 3 is 2.42 bits per heavy atom. The zero-order valence-electron chi connectivity index (χ0n) is 16.7. The Hall–Kier alpha value is -1.51. The predicted molar refractivity (Wildman–Crippen MR) is 118 cm³/mol. The predicted octanol–water partition coefficient (Wildman–Crippen LogP) is 3.06. The summed E-state index contributed by atoms with van der Waals surface area (Å²) in [5.74, 6) is 1.54. The Kier molecular flexibility index (Phi) is 11.3. The topological polar surface area (TPSA) is 74.8 Å². The molecule has 148 valence electrons. The monoisotopic (exact) mass is 476 g/mol. The van der Waals surface area contributed by atoms with Crippen molar-refractivity contribution in [1.82, 2.24) is 16.0 Å². The van der Waals surface area contributed by atoms with Crippen molar-refractivity contribution in [2.75, 3.05) is 13.6 Å². The summed E-state index contributed by atoms with van der Waals surface area (Å²) < 4.78 is 6.00. The van der Waals surface area contributed by atoms with Gasteiger partial charge in [-0.2, -0.15) is 0 Å². The number of halogens is 1. The van der Waals surface area contributed by atoms with Crippen LogP contribution in [0.1, 0.15) is 46.6 Å². The molecule has 0 unspecified atom stereocenters. The summed E-state index contributed by atoms with van der Waals surface area (Å²) in [6, 6.07) is 8.10. The van der Waals surface area contributed by atoms with Gasteiger partial charge in [-0.3, -0.25) is 9.79 Å². The third-order valence-corrected chi connectivity index (χ3v) is 3.15. The van der Waals surface area contributed by atoms with Gasteiger partial charge in [-0.15, -0.1) is 24.0 Å². The normalized spacial score (nSPS) is 11.6. The largest absolute Gasteiger partial charge is 0.488 e. The summed E-state index contributed by atoms with van der Waals surface area (Å²) >= 11 is 0. The van der Waals surface area contributed by atoms with Gasteiger partial charge in [0.2, 0.25) is 5.91 Å². The maximum Gasteiger partial charge on any atom is 0.221 e. The molecule has 26 heavy (non-hydrogen) atoms. The fraction of sp³-hybridized carbons (Fsp3) is 0.579. The van der Waals surface area contributed by atoms with E-state index in [0.29, 0.717) is 25.5 Å². The van der Waals surface area contributed by atoms with Crippen molar-refractivity contribution in [3.05, 3.63) is 29.8 Å². The average Bonchev–Trinajstić information content (AvgIpc) is 2.49. The molecule has 0 atom stereocenters. The van der Waals surface area contributed by atoms with Crippen molar-refractivity contribution in [2.24, 2.45) is 4.99 Å². The highest BCUT2D eigenvalue weighted by atomic mass is 127. The van der Waals surface area contributed by atoms with E-state index in [1.165, 1.54) is 0 Å². The summed E-state index contributed by atoms with van der Waals surface area (Å²) in [6.45, 7) is 11.1. The molecule has 0 bridgehead atoms. The molecule has 0 saturated carbocycles. The number of carbonyl (C=O) groups is 1. The van der Waals surface area contributed by atoms with E-state index in [0.717, 1.165) is 11.3 Å². The summed E-state index contributed by atoms with van der Waals surface area (Å²) in [6.07, 6.45) is 0.405. The fourth-order valence-electron chi connectivity index (χ4n) is 2.17. The highest BCUT2D eigenvalue weighted by Crippen LogP contribution is 2.22. The van der Waals surface area contributed by atoms with Crippen LogP contribution in [-0.4, -0.2) is 37.1 Å². The second kappa shape index (κ2) is 12.0. The van der Waals surface area contributed by atoms with Gasteiger partial charge in [0.15, 0.2) is 5.96 Å². The van der Waals surface area contributed by atoms with E-state index >= 15 is 0 Å². The van der Waals surface area contributed by atoms with Gasteiger partial charge in [0.25, 0.3) is 0 Å². The first-order valence-electron chi connectivity index (χ1n) is 8.72. The molecule has 0 saturated heterocycles. The average molecular weight is 476 g/mol. The Bertz CT molecular complexity index is 583. The second-order valence-electron chi connectivity index (χ2n) is 7.15. The lowest BCUT2D eigenvalue weighted by molar-refractivity contribution is -0.121. The number of amides is 1. The van der Waals surface area contributed by atoms with Gasteiger partial charge in [-0.05, 0) is 40.7 Å². The molecule has 0 fully saturated rings. The summed E-state index contributed by atoms with van der Waals surface area (Å²) in [5, 5.41) is 9.27. The summed E-state index contributed by atoms with van der Waals surface area (Å²) in [5.41, 5.74) is 0.803. The first-order chi connectivity index (χ1) is 11.7. The lowest BCUT2D eigenvalue weighted by Crippen LogP contribution is -2.39. The summed E-state index contributed by atoms with van der Waals surface area (Å²) in [4.78, 5) is 15.8. The molecule has 3 N–H and O–H groups in total. The minimum Gasteiger partial charge on any atom is -0.488 e. The number of guanidine groups is 1. The molecule has 1 amide bonds. The molecule has 1 aromatic rings. The zero-order chi connectivity index (χ0) is 18.9. The van der Waals surface area contributed by atoms with E-state index in [1.54, 1.807) is 7.05 Å². The first kappa shape index (κ1) is 24.5. The third kappa shape index (κ3) is 10.5. The number of para-hydroxylation sites is 1. The van der Waals surface area contributed by atoms with Crippen LogP contribution >= 0.6 is 24.0 Å². The number of rotatable bonds is 7. The van der Waals surface area contributed by atoms with Crippen LogP contribution in [0.25, 0.3) is 0 Å². The molecule has 0 heterocycles. The van der Waals surface area contributed by atoms with Crippen LogP contribution in [0.3, 0.4) is 0 Å². The molecule has 0 spiro atoms. The van der Waals surface area contributed by atoms with Gasteiger partial charge in [0, 0.05) is 38.2 Å². The number of carbonyl (C=O) groups excluding carboxylic acids is 1. The van der Waals surface area contributed by atoms with Crippen LogP contribution in [0.15, 0.2) is 29.3 Å². The number of nitrogens with one attached hydrogen (secondary N) is 3. The van der Waals surface area contributed by atoms with Gasteiger partial charge >= 0.3 is 0 Å². The van der Waals surface area contributed by atoms with Gasteiger partial charge < -0.3 is 20.7 Å². The van der Waals surface area contributed by atoms with E-state index < -0.39 is 0 Å². The Morgan fingerprint density at radius 1 is 1.19 bits per heavy atom. The highest BCUT2D eigenvalue weighted by Gasteiger charge is 2.14. The van der Waals surface area contributed by atoms with Gasteiger partial charge in [-0.1, -0.05) is 18.2 Å². The van der Waals surface area contributed by atoms with Crippen molar-refractivity contribution in [3.63, 3.8) is 0 Å². The quantitative estimate of drug-likeness (QED) is 0.321. The molecule has 0 aliphatic heterocycles. The maximum atomic E-state index is 11.7. The van der Waals surface area contributed by atoms with E-state index in [4.69, 9.17) is 4.74 Å². The molecule has 0 aliphatic rings. The molecule has 0 radical (unpaired) electrons. The molecule has 1 rings (SSSR count). The number of ether oxygens (including phenoxy) is 1. The van der Waals surface area contributed by atoms with E-state index in [9.17, 15) is 4.79 Å². The molecule has 1 aromatic carbocycles. The Morgan fingerprint density at radius 2 is 1.85 bits per heavy atom. The lowest BCUT2D eigenvalue weighted by Gasteiger charge is -2.23. The zero-order valence-corrected chi connectivity index (χ0v) is 19.0. The second-order valence-corrected chi connectivity index (χ2v) is 7.15. The molecule has 7 heteroatoms. The van der Waals surface area contributed by atoms with E-state index in [1.807, 2.05) is 58.9 Å². The molecule has 6 nitrogen and oxygen atoms in total. The van der Waals surface area contributed by atoms with E-state index in [2.05, 4.69) is 20.9 Å². The van der Waals surface area contributed by atoms with Crippen molar-refractivity contribution in [1.29, 1.82) is 0 Å². The number of hydrogen-bond acceptors (Lipinski definition) is 3. The van der Waals surface area contributed by atoms with Crippen LogP contribution in [0.5, 0.6) is 5.75 Å². The number of aliphatic imine (C=N–C) groups is 1. The lowest BCUT2D eigenvalue weighted by atomic mass is 10.1. The minimum absolute atomic E-state index is 0. The smallest absolute Gasteiger partial charge is 0.221 e. The van der Waals surface area contributed by atoms with Crippen molar-refractivity contribution >= 4 is 35.8 Å². The molecule has 0 aliphatic carbocycles. The maximum absolute atomic E-state index is 11.7. The first-order valence-corrected chi connectivity index (χ1v) is 8.72. The summed E-state index contributed by atoms with van der Waals surface area (Å²) in [7, 11) is 1.71. The molecular formula is C19H33IN4O2. The van der Waals surface area contributed by atoms with E-state index in [-0.39, 0.29) is 41.5 Å². The third-order valence-electron chi connectivity index (χ3n) is 3.15. The standard InChI is InChI=1S/C19H32N4O2.HI/c1-14(2)23-17(24)11-12-21-18(20-6)22-13-15-9-7-8-10-16(15)25-19(3,4)5;/h7-10,14H,11-13H2,1-6H3,(H,23,24)(H2,20,21,22);1H. The van der Waals surface area contributed by atoms with Gasteiger partial charge in [0.05, 0.1) is 0 Å². The van der Waals surface area contributed by atoms with Gasteiger partial charge in [-0.25, -0.2) is 0 Å². The van der Waals surface area contributed by atoms with Crippen LogP contribution in [0, 0.1) is 0 Å². The minimum atomic E-state index is -0.250. The Labute approximate surface area is 174 Å². The number of hydrogen-bond donors (Lipinski definition) is 3. The molecular weight excluding hydrogens is 443 g/mol. The van der Waals surface area contributed by atoms with Crippen LogP contribution in [-0.2, 0) is 11.3 Å². The van der Waals surface area contributed by atoms with Crippen LogP contribution in [0.4, 0.5) is 0 Å². The number of benzene rings is 1. The van der Waals surface area contributed by atoms with Crippen LogP contribution in [0.2, 0.25) is 0 Å².